The second-order valence-corrected chi connectivity index (χ2v) is 11.0. The van der Waals surface area contributed by atoms with E-state index in [2.05, 4.69) is 4.99 Å². The van der Waals surface area contributed by atoms with Crippen molar-refractivity contribution < 1.29 is 22.7 Å². The lowest BCUT2D eigenvalue weighted by Gasteiger charge is -2.20. The highest BCUT2D eigenvalue weighted by Gasteiger charge is 2.26. The molecule has 0 spiro atoms. The van der Waals surface area contributed by atoms with E-state index >= 15 is 0 Å². The molecule has 0 amide bonds. The van der Waals surface area contributed by atoms with Gasteiger partial charge in [0, 0.05) is 17.7 Å². The Bertz CT molecular complexity index is 1630. The van der Waals surface area contributed by atoms with Gasteiger partial charge < -0.3 is 9.47 Å². The number of carbonyl (C=O) groups is 1. The normalized spacial score (nSPS) is 12.8. The molecule has 0 aromatic heterocycles. The molecule has 0 atom stereocenters. The molecule has 192 valence electrons. The van der Waals surface area contributed by atoms with Crippen LogP contribution in [0.5, 0.6) is 11.5 Å². The molecule has 0 saturated heterocycles. The smallest absolute Gasteiger partial charge is 0.211 e. The molecule has 0 fully saturated rings. The van der Waals surface area contributed by atoms with Crippen LogP contribution in [-0.2, 0) is 22.9 Å². The van der Waals surface area contributed by atoms with Gasteiger partial charge in [-0.2, -0.15) is 0 Å². The molecule has 0 saturated carbocycles. The summed E-state index contributed by atoms with van der Waals surface area (Å²) in [5.74, 6) is 0.750. The van der Waals surface area contributed by atoms with E-state index in [0.29, 0.717) is 36.6 Å². The lowest BCUT2D eigenvalue weighted by molar-refractivity contribution is 0.106. The van der Waals surface area contributed by atoms with Gasteiger partial charge in [-0.15, -0.1) is 0 Å². The van der Waals surface area contributed by atoms with E-state index in [-0.39, 0.29) is 26.8 Å². The zero-order valence-corrected chi connectivity index (χ0v) is 22.0. The number of nitrogens with zero attached hydrogens (tertiary/aromatic N) is 1. The van der Waals surface area contributed by atoms with E-state index in [1.165, 1.54) is 12.1 Å². The summed E-state index contributed by atoms with van der Waals surface area (Å²) in [4.78, 5) is 18.4. The van der Waals surface area contributed by atoms with E-state index in [1.807, 2.05) is 43.3 Å². The van der Waals surface area contributed by atoms with Gasteiger partial charge in [-0.05, 0) is 60.9 Å². The van der Waals surface area contributed by atoms with Gasteiger partial charge in [-0.3, -0.25) is 9.79 Å². The molecule has 4 aromatic rings. The summed E-state index contributed by atoms with van der Waals surface area (Å²) in [6.07, 6.45) is 0.652. The third kappa shape index (κ3) is 5.10. The van der Waals surface area contributed by atoms with Crippen molar-refractivity contribution in [3.8, 4) is 11.5 Å². The number of rotatable bonds is 8. The van der Waals surface area contributed by atoms with E-state index < -0.39 is 9.84 Å². The van der Waals surface area contributed by atoms with Crippen molar-refractivity contribution in [2.24, 2.45) is 4.99 Å². The molecule has 5 rings (SSSR count). The summed E-state index contributed by atoms with van der Waals surface area (Å²) in [6.45, 7) is 2.73. The number of carbonyl (C=O) groups excluding carboxylic acids is 1. The van der Waals surface area contributed by atoms with Gasteiger partial charge >= 0.3 is 0 Å². The predicted molar refractivity (Wildman–Crippen MR) is 146 cm³/mol. The molecular formula is C31H27NO5S. The number of methoxy groups -OCH3 is 1. The number of hydrogen-bond donors (Lipinski definition) is 0. The number of fused-ring (bicyclic) bond motifs is 1. The topological polar surface area (TPSA) is 82.0 Å². The second-order valence-electron chi connectivity index (χ2n) is 9.09. The van der Waals surface area contributed by atoms with Crippen LogP contribution in [0.1, 0.15) is 32.6 Å². The van der Waals surface area contributed by atoms with Crippen LogP contribution in [0.2, 0.25) is 0 Å². The number of sulfone groups is 1. The summed E-state index contributed by atoms with van der Waals surface area (Å²) >= 11 is 0. The van der Waals surface area contributed by atoms with Crippen LogP contribution in [0.4, 0.5) is 0 Å². The molecule has 1 aliphatic rings. The Morgan fingerprint density at radius 2 is 1.63 bits per heavy atom. The molecule has 0 bridgehead atoms. The fourth-order valence-corrected chi connectivity index (χ4v) is 5.71. The molecule has 0 radical (unpaired) electrons. The number of ketones is 1. The molecule has 0 unspecified atom stereocenters. The van der Waals surface area contributed by atoms with Crippen molar-refractivity contribution in [1.82, 2.24) is 0 Å². The van der Waals surface area contributed by atoms with E-state index in [9.17, 15) is 13.2 Å². The van der Waals surface area contributed by atoms with Crippen LogP contribution in [0.25, 0.3) is 0 Å². The van der Waals surface area contributed by atoms with Gasteiger partial charge in [0.1, 0.15) is 12.3 Å². The zero-order valence-electron chi connectivity index (χ0n) is 21.2. The molecule has 1 heterocycles. The molecule has 0 aliphatic carbocycles. The summed E-state index contributed by atoms with van der Waals surface area (Å²) in [7, 11) is -2.22. The van der Waals surface area contributed by atoms with Crippen LogP contribution >= 0.6 is 0 Å². The minimum Gasteiger partial charge on any atom is -0.493 e. The van der Waals surface area contributed by atoms with Crippen LogP contribution in [-0.4, -0.2) is 33.6 Å². The van der Waals surface area contributed by atoms with Crippen molar-refractivity contribution in [3.05, 3.63) is 119 Å². The van der Waals surface area contributed by atoms with E-state index in [0.717, 1.165) is 16.7 Å². The Morgan fingerprint density at radius 3 is 2.37 bits per heavy atom. The number of aryl methyl sites for hydroxylation is 1. The average Bonchev–Trinajstić information content (AvgIpc) is 2.95. The van der Waals surface area contributed by atoms with Gasteiger partial charge in [0.05, 0.1) is 16.9 Å². The Labute approximate surface area is 222 Å². The molecule has 7 heteroatoms. The first-order chi connectivity index (χ1) is 18.4. The van der Waals surface area contributed by atoms with Gasteiger partial charge in [0.25, 0.3) is 0 Å². The fraction of sp³-hybridized carbons (Fsp3) is 0.161. The van der Waals surface area contributed by atoms with Gasteiger partial charge in [-0.25, -0.2) is 8.42 Å². The maximum absolute atomic E-state index is 13.6. The highest BCUT2D eigenvalue weighted by Crippen LogP contribution is 2.34. The zero-order chi connectivity index (χ0) is 26.7. The molecule has 38 heavy (non-hydrogen) atoms. The minimum atomic E-state index is -3.78. The first kappa shape index (κ1) is 25.4. The van der Waals surface area contributed by atoms with E-state index in [4.69, 9.17) is 9.47 Å². The summed E-state index contributed by atoms with van der Waals surface area (Å²) < 4.78 is 38.0. The number of aliphatic imine (C=N–C) groups is 1. The number of benzene rings is 4. The average molecular weight is 526 g/mol. The first-order valence-corrected chi connectivity index (χ1v) is 13.7. The largest absolute Gasteiger partial charge is 0.493 e. The molecule has 6 nitrogen and oxygen atoms in total. The van der Waals surface area contributed by atoms with Gasteiger partial charge in [-0.1, -0.05) is 60.2 Å². The minimum absolute atomic E-state index is 0.0612. The Hall–Kier alpha value is -4.23. The monoisotopic (exact) mass is 525 g/mol. The Balaban J connectivity index is 1.44. The van der Waals surface area contributed by atoms with Crippen molar-refractivity contribution in [1.29, 1.82) is 0 Å². The van der Waals surface area contributed by atoms with Gasteiger partial charge in [0.2, 0.25) is 15.6 Å². The Kier molecular flexibility index (Phi) is 7.11. The quantitative estimate of drug-likeness (QED) is 0.278. The first-order valence-electron chi connectivity index (χ1n) is 12.3. The molecular weight excluding hydrogens is 498 g/mol. The number of ether oxygens (including phenoxy) is 2. The molecule has 1 aliphatic heterocycles. The second kappa shape index (κ2) is 10.6. The number of Topliss-reactive ketones (excluding diaryl/α,β-unsaturated/α-hetero) is 1. The van der Waals surface area contributed by atoms with Crippen molar-refractivity contribution in [2.45, 2.75) is 29.7 Å². The maximum Gasteiger partial charge on any atom is 0.211 e. The van der Waals surface area contributed by atoms with Crippen LogP contribution in [0, 0.1) is 6.92 Å². The highest BCUT2D eigenvalue weighted by atomic mass is 32.2. The third-order valence-electron chi connectivity index (χ3n) is 6.49. The molecule has 4 aromatic carbocycles. The Morgan fingerprint density at radius 1 is 0.868 bits per heavy atom. The predicted octanol–water partition coefficient (Wildman–Crippen LogP) is 5.64. The van der Waals surface area contributed by atoms with Crippen molar-refractivity contribution in [2.75, 3.05) is 13.7 Å². The summed E-state index contributed by atoms with van der Waals surface area (Å²) in [5, 5.41) is 0. The summed E-state index contributed by atoms with van der Waals surface area (Å²) in [5.41, 5.74) is 4.13. The van der Waals surface area contributed by atoms with Crippen molar-refractivity contribution in [3.63, 3.8) is 0 Å². The van der Waals surface area contributed by atoms with Crippen LogP contribution < -0.4 is 9.47 Å². The van der Waals surface area contributed by atoms with Crippen LogP contribution in [0.15, 0.2) is 106 Å². The summed E-state index contributed by atoms with van der Waals surface area (Å²) in [6, 6.07) is 26.3. The number of hydrogen-bond acceptors (Lipinski definition) is 6. The maximum atomic E-state index is 13.6. The van der Waals surface area contributed by atoms with Crippen molar-refractivity contribution >= 4 is 21.3 Å². The fourth-order valence-electron chi connectivity index (χ4n) is 4.40. The standard InChI is InChI=1S/C31H27NO5S/c1-21-11-13-25(14-12-21)38(34,35)26-10-6-9-24(17-26)31(33)30-27-19-28(36-2)29(18-23(27)15-16-32-30)37-20-22-7-4-3-5-8-22/h3-14,17-19H,15-16,20H2,1-2H3. The molecule has 0 N–H and O–H groups in total. The third-order valence-corrected chi connectivity index (χ3v) is 8.25. The lowest BCUT2D eigenvalue weighted by Crippen LogP contribution is -2.22. The highest BCUT2D eigenvalue weighted by molar-refractivity contribution is 7.91. The van der Waals surface area contributed by atoms with E-state index in [1.54, 1.807) is 49.6 Å². The van der Waals surface area contributed by atoms with Crippen LogP contribution in [0.3, 0.4) is 0 Å². The lowest BCUT2D eigenvalue weighted by atomic mass is 9.92. The SMILES string of the molecule is COc1cc2c(cc1OCc1ccccc1)CCN=C2C(=O)c1cccc(S(=O)(=O)c2ccc(C)cc2)c1. The van der Waals surface area contributed by atoms with Gasteiger partial charge in [0.15, 0.2) is 11.5 Å².